The Morgan fingerprint density at radius 1 is 0.778 bits per heavy atom. The van der Waals surface area contributed by atoms with E-state index >= 15 is 0 Å². The van der Waals surface area contributed by atoms with E-state index in [2.05, 4.69) is 53.6 Å². The van der Waals surface area contributed by atoms with Crippen LogP contribution in [-0.2, 0) is 12.8 Å². The Hall–Kier alpha value is -1.96. The van der Waals surface area contributed by atoms with Gasteiger partial charge >= 0.3 is 0 Å². The Labute approximate surface area is 108 Å². The summed E-state index contributed by atoms with van der Waals surface area (Å²) in [5.74, 6) is 0. The zero-order valence-corrected chi connectivity index (χ0v) is 10.9. The Morgan fingerprint density at radius 3 is 1.78 bits per heavy atom. The Balaban J connectivity index is 1.95. The maximum absolute atomic E-state index is 4.00. The summed E-state index contributed by atoms with van der Waals surface area (Å²) in [7, 11) is 1.69. The predicted molar refractivity (Wildman–Crippen MR) is 75.5 cm³/mol. The smallest absolute Gasteiger partial charge is 0.0852 e. The predicted octanol–water partition coefficient (Wildman–Crippen LogP) is 4.49. The molecule has 0 fully saturated rings. The Kier molecular flexibility index (Phi) is 4.24. The third-order valence-electron chi connectivity index (χ3n) is 2.97. The first-order valence-corrected chi connectivity index (χ1v) is 6.22. The van der Waals surface area contributed by atoms with Crippen LogP contribution in [0, 0.1) is 6.92 Å². The van der Waals surface area contributed by atoms with Crippen molar-refractivity contribution in [1.82, 2.24) is 0 Å². The standard InChI is InChI=1S/C16H18N2/c1-13-3-5-14(6-4-13)7-8-15-9-11-16(12-10-15)18-17-2/h3-6,9-12H,7-8H2,1-2H3. The minimum Gasteiger partial charge on any atom is -0.192 e. The van der Waals surface area contributed by atoms with E-state index in [0.29, 0.717) is 0 Å². The first-order valence-electron chi connectivity index (χ1n) is 6.22. The third kappa shape index (κ3) is 3.52. The van der Waals surface area contributed by atoms with Crippen LogP contribution in [0.3, 0.4) is 0 Å². The second-order valence-electron chi connectivity index (χ2n) is 4.45. The van der Waals surface area contributed by atoms with Crippen LogP contribution in [0.2, 0.25) is 0 Å². The molecule has 2 heteroatoms. The van der Waals surface area contributed by atoms with Crippen molar-refractivity contribution in [2.24, 2.45) is 10.2 Å². The summed E-state index contributed by atoms with van der Waals surface area (Å²) in [6.45, 7) is 2.12. The highest BCUT2D eigenvalue weighted by Crippen LogP contribution is 2.15. The molecule has 0 aliphatic carbocycles. The lowest BCUT2D eigenvalue weighted by Gasteiger charge is -2.03. The number of rotatable bonds is 4. The number of hydrogen-bond donors (Lipinski definition) is 0. The number of nitrogens with zero attached hydrogens (tertiary/aromatic N) is 2. The van der Waals surface area contributed by atoms with Gasteiger partial charge in [0.05, 0.1) is 5.69 Å². The van der Waals surface area contributed by atoms with Gasteiger partial charge in [-0.25, -0.2) is 0 Å². The number of hydrogen-bond acceptors (Lipinski definition) is 2. The second kappa shape index (κ2) is 6.10. The van der Waals surface area contributed by atoms with Crippen LogP contribution in [0.1, 0.15) is 16.7 Å². The summed E-state index contributed by atoms with van der Waals surface area (Å²) < 4.78 is 0. The van der Waals surface area contributed by atoms with Crippen LogP contribution in [-0.4, -0.2) is 7.05 Å². The number of azo groups is 1. The molecule has 0 heterocycles. The highest BCUT2D eigenvalue weighted by Gasteiger charge is 1.96. The van der Waals surface area contributed by atoms with Crippen molar-refractivity contribution in [2.75, 3.05) is 7.05 Å². The summed E-state index contributed by atoms with van der Waals surface area (Å²) in [6.07, 6.45) is 2.14. The highest BCUT2D eigenvalue weighted by molar-refractivity contribution is 5.38. The summed E-state index contributed by atoms with van der Waals surface area (Å²) in [5, 5.41) is 7.76. The minimum absolute atomic E-state index is 0.914. The molecular weight excluding hydrogens is 220 g/mol. The van der Waals surface area contributed by atoms with E-state index in [0.717, 1.165) is 18.5 Å². The van der Waals surface area contributed by atoms with E-state index in [4.69, 9.17) is 0 Å². The largest absolute Gasteiger partial charge is 0.192 e. The fraction of sp³-hybridized carbons (Fsp3) is 0.250. The van der Waals surface area contributed by atoms with Crippen LogP contribution in [0.5, 0.6) is 0 Å². The van der Waals surface area contributed by atoms with Crippen molar-refractivity contribution >= 4 is 5.69 Å². The van der Waals surface area contributed by atoms with Crippen molar-refractivity contribution < 1.29 is 0 Å². The minimum atomic E-state index is 0.914. The van der Waals surface area contributed by atoms with Crippen LogP contribution in [0.4, 0.5) is 5.69 Å². The van der Waals surface area contributed by atoms with Crippen molar-refractivity contribution in [3.63, 3.8) is 0 Å². The lowest BCUT2D eigenvalue weighted by atomic mass is 10.0. The quantitative estimate of drug-likeness (QED) is 0.701. The van der Waals surface area contributed by atoms with Gasteiger partial charge < -0.3 is 0 Å². The van der Waals surface area contributed by atoms with Crippen molar-refractivity contribution in [3.8, 4) is 0 Å². The molecule has 0 saturated carbocycles. The summed E-state index contributed by atoms with van der Waals surface area (Å²) in [5.41, 5.74) is 4.95. The van der Waals surface area contributed by atoms with Gasteiger partial charge in [0.1, 0.15) is 0 Å². The van der Waals surface area contributed by atoms with Crippen molar-refractivity contribution in [3.05, 3.63) is 65.2 Å². The summed E-state index contributed by atoms with van der Waals surface area (Å²) >= 11 is 0. The lowest BCUT2D eigenvalue weighted by Crippen LogP contribution is -1.90. The van der Waals surface area contributed by atoms with Crippen LogP contribution >= 0.6 is 0 Å². The molecule has 0 N–H and O–H groups in total. The molecule has 2 aromatic carbocycles. The van der Waals surface area contributed by atoms with Gasteiger partial charge in [0.15, 0.2) is 0 Å². The lowest BCUT2D eigenvalue weighted by molar-refractivity contribution is 0.959. The molecule has 2 rings (SSSR count). The van der Waals surface area contributed by atoms with Gasteiger partial charge in [0.25, 0.3) is 0 Å². The first kappa shape index (κ1) is 12.5. The molecule has 0 aliphatic heterocycles. The van der Waals surface area contributed by atoms with E-state index in [1.54, 1.807) is 7.05 Å². The third-order valence-corrected chi connectivity index (χ3v) is 2.97. The van der Waals surface area contributed by atoms with Gasteiger partial charge in [-0.05, 0) is 43.0 Å². The topological polar surface area (TPSA) is 24.7 Å². The van der Waals surface area contributed by atoms with E-state index in [1.165, 1.54) is 16.7 Å². The van der Waals surface area contributed by atoms with Crippen LogP contribution in [0.25, 0.3) is 0 Å². The molecule has 0 unspecified atom stereocenters. The van der Waals surface area contributed by atoms with Crippen LogP contribution < -0.4 is 0 Å². The maximum atomic E-state index is 4.00. The van der Waals surface area contributed by atoms with E-state index in [1.807, 2.05) is 12.1 Å². The normalized spacial score (nSPS) is 11.0. The number of aryl methyl sites for hydroxylation is 3. The molecule has 92 valence electrons. The number of benzene rings is 2. The maximum Gasteiger partial charge on any atom is 0.0852 e. The molecule has 0 aliphatic rings. The van der Waals surface area contributed by atoms with Gasteiger partial charge in [-0.1, -0.05) is 42.0 Å². The molecule has 0 saturated heterocycles. The second-order valence-corrected chi connectivity index (χ2v) is 4.45. The van der Waals surface area contributed by atoms with Crippen molar-refractivity contribution in [1.29, 1.82) is 0 Å². The van der Waals surface area contributed by atoms with E-state index in [-0.39, 0.29) is 0 Å². The first-order chi connectivity index (χ1) is 8.78. The van der Waals surface area contributed by atoms with Gasteiger partial charge in [0.2, 0.25) is 0 Å². The summed E-state index contributed by atoms with van der Waals surface area (Å²) in [4.78, 5) is 0. The van der Waals surface area contributed by atoms with E-state index < -0.39 is 0 Å². The Bertz CT molecular complexity index is 510. The Morgan fingerprint density at radius 2 is 1.28 bits per heavy atom. The molecule has 0 aromatic heterocycles. The average Bonchev–Trinajstić information content (AvgIpc) is 2.40. The van der Waals surface area contributed by atoms with Gasteiger partial charge in [0, 0.05) is 7.05 Å². The molecular formula is C16H18N2. The van der Waals surface area contributed by atoms with Crippen molar-refractivity contribution in [2.45, 2.75) is 19.8 Å². The fourth-order valence-electron chi connectivity index (χ4n) is 1.89. The fourth-order valence-corrected chi connectivity index (χ4v) is 1.89. The molecule has 2 aromatic rings. The molecule has 0 radical (unpaired) electrons. The average molecular weight is 238 g/mol. The summed E-state index contributed by atoms with van der Waals surface area (Å²) in [6, 6.07) is 17.0. The zero-order valence-electron chi connectivity index (χ0n) is 10.9. The molecule has 18 heavy (non-hydrogen) atoms. The van der Waals surface area contributed by atoms with Crippen LogP contribution in [0.15, 0.2) is 58.8 Å². The molecule has 0 atom stereocenters. The molecule has 0 spiro atoms. The highest BCUT2D eigenvalue weighted by atomic mass is 15.1. The molecule has 0 amide bonds. The monoisotopic (exact) mass is 238 g/mol. The van der Waals surface area contributed by atoms with Gasteiger partial charge in [-0.2, -0.15) is 10.2 Å². The van der Waals surface area contributed by atoms with Gasteiger partial charge in [-0.3, -0.25) is 0 Å². The molecule has 0 bridgehead atoms. The zero-order chi connectivity index (χ0) is 12.8. The SMILES string of the molecule is CN=Nc1ccc(CCc2ccc(C)cc2)cc1. The molecule has 2 nitrogen and oxygen atoms in total. The van der Waals surface area contributed by atoms with Gasteiger partial charge in [-0.15, -0.1) is 0 Å². The van der Waals surface area contributed by atoms with E-state index in [9.17, 15) is 0 Å².